The van der Waals surface area contributed by atoms with Crippen LogP contribution in [0.4, 0.5) is 0 Å². The molecule has 1 aromatic carbocycles. The molecule has 0 spiro atoms. The number of aryl methyl sites for hydroxylation is 1. The van der Waals surface area contributed by atoms with Crippen molar-refractivity contribution in [2.75, 3.05) is 0 Å². The van der Waals surface area contributed by atoms with E-state index in [2.05, 4.69) is 44.2 Å². The van der Waals surface area contributed by atoms with Gasteiger partial charge in [-0.05, 0) is 43.6 Å². The van der Waals surface area contributed by atoms with Crippen LogP contribution in [0.1, 0.15) is 51.5 Å². The average Bonchev–Trinajstić information content (AvgIpc) is 2.33. The van der Waals surface area contributed by atoms with Gasteiger partial charge >= 0.3 is 0 Å². The Balaban J connectivity index is 2.04. The predicted molar refractivity (Wildman–Crippen MR) is 74.1 cm³/mol. The van der Waals surface area contributed by atoms with Crippen LogP contribution in [0.15, 0.2) is 30.3 Å². The maximum Gasteiger partial charge on any atom is 0.0540 e. The van der Waals surface area contributed by atoms with E-state index in [0.29, 0.717) is 5.92 Å². The van der Waals surface area contributed by atoms with Gasteiger partial charge in [-0.2, -0.15) is 0 Å². The van der Waals surface area contributed by atoms with Crippen LogP contribution in [0, 0.1) is 5.92 Å². The van der Waals surface area contributed by atoms with Crippen molar-refractivity contribution in [3.63, 3.8) is 0 Å². The van der Waals surface area contributed by atoms with E-state index in [-0.39, 0.29) is 6.10 Å². The van der Waals surface area contributed by atoms with Crippen LogP contribution in [0.25, 0.3) is 0 Å². The monoisotopic (exact) mass is 234 g/mol. The van der Waals surface area contributed by atoms with Gasteiger partial charge in [0.1, 0.15) is 0 Å². The smallest absolute Gasteiger partial charge is 0.0540 e. The molecule has 1 aromatic rings. The lowest BCUT2D eigenvalue weighted by Crippen LogP contribution is -2.07. The van der Waals surface area contributed by atoms with E-state index < -0.39 is 0 Å². The highest BCUT2D eigenvalue weighted by Gasteiger charge is 2.05. The van der Waals surface area contributed by atoms with E-state index >= 15 is 0 Å². The van der Waals surface area contributed by atoms with E-state index in [0.717, 1.165) is 32.1 Å². The Labute approximate surface area is 106 Å². The van der Waals surface area contributed by atoms with Gasteiger partial charge in [-0.3, -0.25) is 0 Å². The maximum absolute atomic E-state index is 9.80. The summed E-state index contributed by atoms with van der Waals surface area (Å²) in [6.07, 6.45) is 6.42. The zero-order valence-electron chi connectivity index (χ0n) is 11.2. The molecule has 17 heavy (non-hydrogen) atoms. The van der Waals surface area contributed by atoms with Gasteiger partial charge < -0.3 is 5.11 Å². The van der Waals surface area contributed by atoms with Crippen LogP contribution < -0.4 is 0 Å². The molecule has 0 saturated heterocycles. The third-order valence-corrected chi connectivity index (χ3v) is 3.17. The molecule has 0 aliphatic heterocycles. The van der Waals surface area contributed by atoms with Crippen LogP contribution in [0.2, 0.25) is 0 Å². The molecule has 0 fully saturated rings. The number of hydrogen-bond acceptors (Lipinski definition) is 1. The minimum atomic E-state index is -0.0897. The molecule has 1 rings (SSSR count). The van der Waals surface area contributed by atoms with E-state index in [1.165, 1.54) is 12.0 Å². The van der Waals surface area contributed by atoms with Gasteiger partial charge in [0, 0.05) is 0 Å². The van der Waals surface area contributed by atoms with Gasteiger partial charge in [0.05, 0.1) is 6.10 Å². The van der Waals surface area contributed by atoms with Crippen molar-refractivity contribution in [3.05, 3.63) is 35.9 Å². The minimum absolute atomic E-state index is 0.0897. The van der Waals surface area contributed by atoms with Crippen molar-refractivity contribution in [3.8, 4) is 0 Å². The minimum Gasteiger partial charge on any atom is -0.393 e. The first-order valence-corrected chi connectivity index (χ1v) is 6.90. The number of benzene rings is 1. The zero-order valence-corrected chi connectivity index (χ0v) is 11.2. The number of hydrogen-bond donors (Lipinski definition) is 1. The van der Waals surface area contributed by atoms with Crippen molar-refractivity contribution in [1.29, 1.82) is 0 Å². The molecule has 0 bridgehead atoms. The highest BCUT2D eigenvalue weighted by Crippen LogP contribution is 2.13. The quantitative estimate of drug-likeness (QED) is 0.668. The lowest BCUT2D eigenvalue weighted by molar-refractivity contribution is 0.144. The Hall–Kier alpha value is -0.820. The van der Waals surface area contributed by atoms with Gasteiger partial charge in [0.2, 0.25) is 0 Å². The van der Waals surface area contributed by atoms with Crippen LogP contribution in [0.5, 0.6) is 0 Å². The Morgan fingerprint density at radius 1 is 0.941 bits per heavy atom. The fourth-order valence-corrected chi connectivity index (χ4v) is 2.02. The molecule has 1 nitrogen and oxygen atoms in total. The van der Waals surface area contributed by atoms with E-state index in [9.17, 15) is 5.11 Å². The third-order valence-electron chi connectivity index (χ3n) is 3.17. The molecule has 0 aromatic heterocycles. The summed E-state index contributed by atoms with van der Waals surface area (Å²) in [6.45, 7) is 4.42. The van der Waals surface area contributed by atoms with Crippen LogP contribution in [-0.4, -0.2) is 11.2 Å². The topological polar surface area (TPSA) is 20.2 Å². The lowest BCUT2D eigenvalue weighted by Gasteiger charge is -2.11. The Morgan fingerprint density at radius 2 is 1.65 bits per heavy atom. The molecule has 0 aliphatic carbocycles. The van der Waals surface area contributed by atoms with Gasteiger partial charge in [-0.25, -0.2) is 0 Å². The average molecular weight is 234 g/mol. The summed E-state index contributed by atoms with van der Waals surface area (Å²) < 4.78 is 0. The first kappa shape index (κ1) is 14.2. The summed E-state index contributed by atoms with van der Waals surface area (Å²) in [4.78, 5) is 0. The Kier molecular flexibility index (Phi) is 6.95. The summed E-state index contributed by atoms with van der Waals surface area (Å²) in [5, 5.41) is 9.80. The summed E-state index contributed by atoms with van der Waals surface area (Å²) in [6, 6.07) is 10.6. The predicted octanol–water partition coefficient (Wildman–Crippen LogP) is 4.20. The van der Waals surface area contributed by atoms with Gasteiger partial charge in [-0.15, -0.1) is 0 Å². The molecule has 0 aliphatic rings. The molecule has 1 heteroatoms. The van der Waals surface area contributed by atoms with E-state index in [4.69, 9.17) is 0 Å². The van der Waals surface area contributed by atoms with Crippen LogP contribution in [0.3, 0.4) is 0 Å². The summed E-state index contributed by atoms with van der Waals surface area (Å²) in [7, 11) is 0. The molecule has 96 valence electrons. The molecule has 0 amide bonds. The summed E-state index contributed by atoms with van der Waals surface area (Å²) in [5.41, 5.74) is 1.41. The largest absolute Gasteiger partial charge is 0.393 e. The highest BCUT2D eigenvalue weighted by molar-refractivity contribution is 5.14. The number of aliphatic hydroxyl groups excluding tert-OH is 1. The third kappa shape index (κ3) is 7.17. The first-order valence-electron chi connectivity index (χ1n) is 6.90. The van der Waals surface area contributed by atoms with Crippen molar-refractivity contribution < 1.29 is 5.11 Å². The van der Waals surface area contributed by atoms with Gasteiger partial charge in [0.25, 0.3) is 0 Å². The van der Waals surface area contributed by atoms with Crippen molar-refractivity contribution in [2.45, 2.75) is 58.5 Å². The molecule has 1 atom stereocenters. The van der Waals surface area contributed by atoms with Gasteiger partial charge in [0.15, 0.2) is 0 Å². The van der Waals surface area contributed by atoms with Crippen molar-refractivity contribution in [1.82, 2.24) is 0 Å². The molecular weight excluding hydrogens is 208 g/mol. The lowest BCUT2D eigenvalue weighted by atomic mass is 10.00. The fourth-order valence-electron chi connectivity index (χ4n) is 2.02. The Morgan fingerprint density at radius 3 is 2.29 bits per heavy atom. The molecule has 0 radical (unpaired) electrons. The summed E-state index contributed by atoms with van der Waals surface area (Å²) in [5.74, 6) is 0.703. The molecule has 1 N–H and O–H groups in total. The molecule has 0 heterocycles. The summed E-state index contributed by atoms with van der Waals surface area (Å²) >= 11 is 0. The molecule has 0 saturated carbocycles. The number of rotatable bonds is 8. The first-order chi connectivity index (χ1) is 8.18. The zero-order chi connectivity index (χ0) is 12.5. The van der Waals surface area contributed by atoms with Crippen molar-refractivity contribution in [2.24, 2.45) is 5.92 Å². The highest BCUT2D eigenvalue weighted by atomic mass is 16.3. The van der Waals surface area contributed by atoms with Gasteiger partial charge in [-0.1, -0.05) is 50.6 Å². The molecule has 1 unspecified atom stereocenters. The van der Waals surface area contributed by atoms with E-state index in [1.54, 1.807) is 0 Å². The maximum atomic E-state index is 9.80. The second-order valence-electron chi connectivity index (χ2n) is 5.36. The standard InChI is InChI=1S/C16H26O/c1-14(2)12-13-16(17)11-7-6-10-15-8-4-3-5-9-15/h3-5,8-9,14,16-17H,6-7,10-13H2,1-2H3. The number of aliphatic hydroxyl groups is 1. The normalized spacial score (nSPS) is 12.9. The van der Waals surface area contributed by atoms with Crippen LogP contribution in [-0.2, 0) is 6.42 Å². The number of unbranched alkanes of at least 4 members (excludes halogenated alkanes) is 1. The van der Waals surface area contributed by atoms with E-state index in [1.807, 2.05) is 0 Å². The van der Waals surface area contributed by atoms with Crippen molar-refractivity contribution >= 4 is 0 Å². The van der Waals surface area contributed by atoms with Crippen LogP contribution >= 0.6 is 0 Å². The SMILES string of the molecule is CC(C)CCC(O)CCCCc1ccccc1. The second kappa shape index (κ2) is 8.30. The second-order valence-corrected chi connectivity index (χ2v) is 5.36. The fraction of sp³-hybridized carbons (Fsp3) is 0.625. The molecular formula is C16H26O. The Bertz CT molecular complexity index is 279.